The molecule has 3 rings (SSSR count). The van der Waals surface area contributed by atoms with E-state index in [0.29, 0.717) is 12.1 Å². The summed E-state index contributed by atoms with van der Waals surface area (Å²) in [4.78, 5) is 7.34. The highest BCUT2D eigenvalue weighted by molar-refractivity contribution is 5.84. The van der Waals surface area contributed by atoms with E-state index >= 15 is 0 Å². The molecule has 2 aromatic rings. The summed E-state index contributed by atoms with van der Waals surface area (Å²) in [6.07, 6.45) is 2.61. The van der Waals surface area contributed by atoms with Gasteiger partial charge in [-0.3, -0.25) is 0 Å². The van der Waals surface area contributed by atoms with Crippen LogP contribution in [0.1, 0.15) is 39.2 Å². The Morgan fingerprint density at radius 1 is 1.29 bits per heavy atom. The molecule has 0 saturated heterocycles. The average Bonchev–Trinajstić information content (AvgIpc) is 3.30. The molecule has 1 fully saturated rings. The van der Waals surface area contributed by atoms with Crippen molar-refractivity contribution in [1.29, 1.82) is 0 Å². The van der Waals surface area contributed by atoms with E-state index in [1.54, 1.807) is 0 Å². The normalized spacial score (nSPS) is 14.9. The second kappa shape index (κ2) is 6.02. The summed E-state index contributed by atoms with van der Waals surface area (Å²) in [5.41, 5.74) is 2.46. The molecule has 1 aliphatic carbocycles. The van der Waals surface area contributed by atoms with Crippen molar-refractivity contribution >= 4 is 16.7 Å². The third-order valence-electron chi connectivity index (χ3n) is 4.11. The molecule has 0 spiro atoms. The molecule has 1 N–H and O–H groups in total. The topological polar surface area (TPSA) is 28.2 Å². The Balaban J connectivity index is 2.01. The highest BCUT2D eigenvalue weighted by Gasteiger charge is 2.29. The summed E-state index contributed by atoms with van der Waals surface area (Å²) in [6, 6.07) is 11.9. The van der Waals surface area contributed by atoms with Gasteiger partial charge in [-0.05, 0) is 37.5 Å². The van der Waals surface area contributed by atoms with Crippen LogP contribution in [0.2, 0.25) is 0 Å². The van der Waals surface area contributed by atoms with E-state index in [9.17, 15) is 0 Å². The molecule has 0 unspecified atom stereocenters. The van der Waals surface area contributed by atoms with Gasteiger partial charge < -0.3 is 10.2 Å². The van der Waals surface area contributed by atoms with Gasteiger partial charge in [-0.1, -0.05) is 32.0 Å². The average molecular weight is 283 g/mol. The van der Waals surface area contributed by atoms with Gasteiger partial charge in [0.05, 0.1) is 5.52 Å². The van der Waals surface area contributed by atoms with E-state index in [2.05, 4.69) is 61.3 Å². The quantitative estimate of drug-likeness (QED) is 0.875. The first-order chi connectivity index (χ1) is 10.2. The number of pyridine rings is 1. The van der Waals surface area contributed by atoms with Gasteiger partial charge in [0.25, 0.3) is 0 Å². The van der Waals surface area contributed by atoms with Gasteiger partial charge in [0.2, 0.25) is 0 Å². The maximum atomic E-state index is 4.89. The van der Waals surface area contributed by atoms with Crippen LogP contribution in [0.15, 0.2) is 30.3 Å². The van der Waals surface area contributed by atoms with Gasteiger partial charge in [-0.2, -0.15) is 0 Å². The van der Waals surface area contributed by atoms with Gasteiger partial charge in [0, 0.05) is 30.6 Å². The highest BCUT2D eigenvalue weighted by atomic mass is 15.2. The van der Waals surface area contributed by atoms with Crippen LogP contribution in [0.25, 0.3) is 10.9 Å². The Morgan fingerprint density at radius 2 is 2.05 bits per heavy atom. The zero-order valence-electron chi connectivity index (χ0n) is 13.3. The summed E-state index contributed by atoms with van der Waals surface area (Å²) in [5.74, 6) is 1.14. The number of hydrogen-bond acceptors (Lipinski definition) is 3. The van der Waals surface area contributed by atoms with Gasteiger partial charge in [-0.25, -0.2) is 4.98 Å². The fourth-order valence-corrected chi connectivity index (χ4v) is 2.83. The molecular weight excluding hydrogens is 258 g/mol. The number of nitrogens with one attached hydrogen (secondary N) is 1. The van der Waals surface area contributed by atoms with E-state index < -0.39 is 0 Å². The minimum Gasteiger partial charge on any atom is -0.354 e. The van der Waals surface area contributed by atoms with Crippen LogP contribution >= 0.6 is 0 Å². The van der Waals surface area contributed by atoms with E-state index in [0.717, 1.165) is 24.4 Å². The van der Waals surface area contributed by atoms with E-state index in [4.69, 9.17) is 4.98 Å². The SMILES string of the molecule is CCN(c1cc(CNC(C)C)c2ccccc2n1)C1CC1. The molecule has 21 heavy (non-hydrogen) atoms. The van der Waals surface area contributed by atoms with Gasteiger partial charge >= 0.3 is 0 Å². The molecule has 0 radical (unpaired) electrons. The maximum absolute atomic E-state index is 4.89. The van der Waals surface area contributed by atoms with Crippen LogP contribution in [0.4, 0.5) is 5.82 Å². The Kier molecular flexibility index (Phi) is 4.11. The van der Waals surface area contributed by atoms with E-state index in [1.165, 1.54) is 23.8 Å². The van der Waals surface area contributed by atoms with Crippen LogP contribution in [-0.2, 0) is 6.54 Å². The lowest BCUT2D eigenvalue weighted by molar-refractivity contribution is 0.590. The zero-order valence-corrected chi connectivity index (χ0v) is 13.3. The maximum Gasteiger partial charge on any atom is 0.129 e. The monoisotopic (exact) mass is 283 g/mol. The summed E-state index contributed by atoms with van der Waals surface area (Å²) in [6.45, 7) is 8.53. The Bertz CT molecular complexity index is 617. The third kappa shape index (κ3) is 3.18. The highest BCUT2D eigenvalue weighted by Crippen LogP contribution is 2.32. The number of fused-ring (bicyclic) bond motifs is 1. The molecule has 112 valence electrons. The number of nitrogens with zero attached hydrogens (tertiary/aromatic N) is 2. The van der Waals surface area contributed by atoms with Crippen molar-refractivity contribution in [1.82, 2.24) is 10.3 Å². The smallest absolute Gasteiger partial charge is 0.129 e. The summed E-state index contributed by atoms with van der Waals surface area (Å²) in [5, 5.41) is 4.80. The second-order valence-electron chi connectivity index (χ2n) is 6.21. The molecule has 0 amide bonds. The second-order valence-corrected chi connectivity index (χ2v) is 6.21. The Labute approximate surface area is 127 Å². The van der Waals surface area contributed by atoms with Crippen LogP contribution in [0.3, 0.4) is 0 Å². The molecular formula is C18H25N3. The molecule has 1 aromatic carbocycles. The zero-order chi connectivity index (χ0) is 14.8. The first-order valence-electron chi connectivity index (χ1n) is 8.07. The van der Waals surface area contributed by atoms with Crippen molar-refractivity contribution in [2.75, 3.05) is 11.4 Å². The largest absolute Gasteiger partial charge is 0.354 e. The standard InChI is InChI=1S/C18H25N3/c1-4-21(15-9-10-15)18-11-14(12-19-13(2)3)16-7-5-6-8-17(16)20-18/h5-8,11,13,15,19H,4,9-10,12H2,1-3H3. The Hall–Kier alpha value is -1.61. The fourth-order valence-electron chi connectivity index (χ4n) is 2.83. The lowest BCUT2D eigenvalue weighted by Crippen LogP contribution is -2.27. The van der Waals surface area contributed by atoms with E-state index in [-0.39, 0.29) is 0 Å². The summed E-state index contributed by atoms with van der Waals surface area (Å²) >= 11 is 0. The van der Waals surface area contributed by atoms with Crippen molar-refractivity contribution in [3.05, 3.63) is 35.9 Å². The lowest BCUT2D eigenvalue weighted by Gasteiger charge is -2.23. The van der Waals surface area contributed by atoms with Crippen molar-refractivity contribution in [3.8, 4) is 0 Å². The third-order valence-corrected chi connectivity index (χ3v) is 4.11. The molecule has 1 saturated carbocycles. The number of anilines is 1. The number of rotatable bonds is 6. The molecule has 0 aliphatic heterocycles. The van der Waals surface area contributed by atoms with Crippen molar-refractivity contribution < 1.29 is 0 Å². The predicted molar refractivity (Wildman–Crippen MR) is 89.8 cm³/mol. The van der Waals surface area contributed by atoms with Gasteiger partial charge in [0.15, 0.2) is 0 Å². The minimum atomic E-state index is 0.492. The minimum absolute atomic E-state index is 0.492. The lowest BCUT2D eigenvalue weighted by atomic mass is 10.1. The number of aromatic nitrogens is 1. The molecule has 0 bridgehead atoms. The van der Waals surface area contributed by atoms with E-state index in [1.807, 2.05) is 0 Å². The number of para-hydroxylation sites is 1. The molecule has 1 aromatic heterocycles. The molecule has 0 atom stereocenters. The Morgan fingerprint density at radius 3 is 2.71 bits per heavy atom. The summed E-state index contributed by atoms with van der Waals surface area (Å²) in [7, 11) is 0. The predicted octanol–water partition coefficient (Wildman–Crippen LogP) is 3.72. The molecule has 3 heteroatoms. The van der Waals surface area contributed by atoms with Crippen LogP contribution < -0.4 is 10.2 Å². The fraction of sp³-hybridized carbons (Fsp3) is 0.500. The molecule has 3 nitrogen and oxygen atoms in total. The van der Waals surface area contributed by atoms with Gasteiger partial charge in [-0.15, -0.1) is 0 Å². The van der Waals surface area contributed by atoms with Gasteiger partial charge in [0.1, 0.15) is 5.82 Å². The number of benzene rings is 1. The van der Waals surface area contributed by atoms with Crippen molar-refractivity contribution in [2.24, 2.45) is 0 Å². The first-order valence-corrected chi connectivity index (χ1v) is 8.07. The molecule has 1 aliphatic rings. The van der Waals surface area contributed by atoms with Crippen LogP contribution in [0, 0.1) is 0 Å². The van der Waals surface area contributed by atoms with Crippen LogP contribution in [-0.4, -0.2) is 23.6 Å². The van der Waals surface area contributed by atoms with Crippen molar-refractivity contribution in [2.45, 2.75) is 52.2 Å². The van der Waals surface area contributed by atoms with Crippen LogP contribution in [0.5, 0.6) is 0 Å². The molecule has 1 heterocycles. The number of hydrogen-bond donors (Lipinski definition) is 1. The summed E-state index contributed by atoms with van der Waals surface area (Å²) < 4.78 is 0. The first kappa shape index (κ1) is 14.3. The van der Waals surface area contributed by atoms with Crippen molar-refractivity contribution in [3.63, 3.8) is 0 Å².